The third kappa shape index (κ3) is 4.70. The Kier molecular flexibility index (Phi) is 6.07. The van der Waals surface area contributed by atoms with Gasteiger partial charge in [-0.15, -0.1) is 0 Å². The van der Waals surface area contributed by atoms with Gasteiger partial charge in [-0.1, -0.05) is 20.8 Å². The Labute approximate surface area is 73.8 Å². The second kappa shape index (κ2) is 5.90. The lowest BCUT2D eigenvalue weighted by Gasteiger charge is -2.29. The lowest BCUT2D eigenvalue weighted by molar-refractivity contribution is 0.806. The molecule has 0 fully saturated rings. The van der Waals surface area contributed by atoms with Crippen LogP contribution in [0.1, 0.15) is 20.8 Å². The fraction of sp³-hybridized carbons (Fsp3) is 1.00. The third-order valence-electron chi connectivity index (χ3n) is 1.59. The molecule has 0 aromatic heterocycles. The van der Waals surface area contributed by atoms with Crippen LogP contribution in [0.5, 0.6) is 0 Å². The highest BCUT2D eigenvalue weighted by atomic mass is 29.2. The first-order valence-electron chi connectivity index (χ1n) is 4.43. The molecule has 0 radical (unpaired) electrons. The molecule has 0 aliphatic rings. The summed E-state index contributed by atoms with van der Waals surface area (Å²) in [7, 11) is -0.158. The molecule has 5 heteroatoms. The molecule has 0 saturated carbocycles. The van der Waals surface area contributed by atoms with Gasteiger partial charge in [0.25, 0.3) is 8.08 Å². The quantitative estimate of drug-likeness (QED) is 0.453. The van der Waals surface area contributed by atoms with Crippen LogP contribution in [0.4, 0.5) is 0 Å². The maximum absolute atomic E-state index is 3.54. The molecule has 0 aliphatic carbocycles. The van der Waals surface area contributed by atoms with Crippen LogP contribution in [-0.4, -0.2) is 37.5 Å². The van der Waals surface area contributed by atoms with Crippen molar-refractivity contribution in [1.29, 1.82) is 0 Å². The fourth-order valence-electron chi connectivity index (χ4n) is 1.25. The number of rotatable bonds is 6. The molecule has 11 heavy (non-hydrogen) atoms. The van der Waals surface area contributed by atoms with E-state index in [0.717, 1.165) is 19.6 Å². The highest BCUT2D eigenvalue weighted by molar-refractivity contribution is 7.12. The van der Waals surface area contributed by atoms with E-state index in [0.29, 0.717) is 0 Å². The molecule has 0 aliphatic heterocycles. The summed E-state index contributed by atoms with van der Waals surface area (Å²) >= 11 is 0. The van der Waals surface area contributed by atoms with E-state index >= 15 is 0 Å². The average molecular weight is 191 g/mol. The Balaban J connectivity index is 3.79. The first kappa shape index (κ1) is 11.3. The van der Waals surface area contributed by atoms with Gasteiger partial charge in [0.05, 0.1) is 9.76 Å². The second-order valence-electron chi connectivity index (χ2n) is 2.72. The van der Waals surface area contributed by atoms with Crippen LogP contribution in [0.3, 0.4) is 0 Å². The first-order valence-corrected chi connectivity index (χ1v) is 9.93. The minimum Gasteiger partial charge on any atom is -0.317 e. The summed E-state index contributed by atoms with van der Waals surface area (Å²) in [6, 6.07) is 0. The Morgan fingerprint density at radius 3 is 1.36 bits per heavy atom. The van der Waals surface area contributed by atoms with Crippen molar-refractivity contribution in [2.24, 2.45) is 0 Å². The monoisotopic (exact) mass is 191 g/mol. The molecule has 0 aromatic carbocycles. The summed E-state index contributed by atoms with van der Waals surface area (Å²) in [6.45, 7) is 9.68. The Morgan fingerprint density at radius 1 is 0.909 bits per heavy atom. The third-order valence-corrected chi connectivity index (χ3v) is 7.95. The van der Waals surface area contributed by atoms with Gasteiger partial charge in [0.2, 0.25) is 0 Å². The predicted molar refractivity (Wildman–Crippen MR) is 56.7 cm³/mol. The van der Waals surface area contributed by atoms with Crippen LogP contribution < -0.4 is 14.9 Å². The van der Waals surface area contributed by atoms with E-state index in [1.165, 1.54) is 9.76 Å². The van der Waals surface area contributed by atoms with Gasteiger partial charge in [-0.05, 0) is 19.6 Å². The van der Waals surface area contributed by atoms with Crippen molar-refractivity contribution < 1.29 is 0 Å². The summed E-state index contributed by atoms with van der Waals surface area (Å²) in [6.07, 6.45) is 0. The molecule has 0 unspecified atom stereocenters. The summed E-state index contributed by atoms with van der Waals surface area (Å²) in [4.78, 5) is 10.6. The minimum absolute atomic E-state index is 1.07. The topological polar surface area (TPSA) is 36.1 Å². The molecule has 3 N–H and O–H groups in total. The van der Waals surface area contributed by atoms with Crippen molar-refractivity contribution >= 4 is 17.8 Å². The molecular weight excluding hydrogens is 170 g/mol. The zero-order chi connectivity index (χ0) is 8.74. The zero-order valence-corrected chi connectivity index (χ0v) is 11.1. The van der Waals surface area contributed by atoms with Gasteiger partial charge >= 0.3 is 0 Å². The molecular formula is C6H21N3Si2. The largest absolute Gasteiger partial charge is 0.317 e. The lowest BCUT2D eigenvalue weighted by atomic mass is 10.8. The zero-order valence-electron chi connectivity index (χ0n) is 8.12. The molecule has 0 bridgehead atoms. The highest BCUT2D eigenvalue weighted by Crippen LogP contribution is 1.79. The SMILES string of the molecule is CCN[Si]([SiH3])(NCC)NCC. The molecule has 0 heterocycles. The smallest absolute Gasteiger partial charge is 0.250 e. The molecule has 68 valence electrons. The van der Waals surface area contributed by atoms with Gasteiger partial charge < -0.3 is 14.9 Å². The fourth-order valence-corrected chi connectivity index (χ4v) is 6.93. The van der Waals surface area contributed by atoms with E-state index in [2.05, 4.69) is 35.7 Å². The first-order chi connectivity index (χ1) is 5.18. The minimum atomic E-state index is -1.36. The van der Waals surface area contributed by atoms with Crippen LogP contribution >= 0.6 is 0 Å². The van der Waals surface area contributed by atoms with Gasteiger partial charge in [0, 0.05) is 0 Å². The van der Waals surface area contributed by atoms with Crippen LogP contribution in [-0.2, 0) is 0 Å². The second-order valence-corrected chi connectivity index (χ2v) is 10.5. The summed E-state index contributed by atoms with van der Waals surface area (Å²) in [5.41, 5.74) is 0. The van der Waals surface area contributed by atoms with Crippen molar-refractivity contribution in [2.45, 2.75) is 20.8 Å². The summed E-state index contributed by atoms with van der Waals surface area (Å²) in [5.74, 6) is 0. The van der Waals surface area contributed by atoms with E-state index in [4.69, 9.17) is 0 Å². The normalized spacial score (nSPS) is 12.3. The van der Waals surface area contributed by atoms with Crippen molar-refractivity contribution in [3.05, 3.63) is 0 Å². The maximum Gasteiger partial charge on any atom is 0.250 e. The van der Waals surface area contributed by atoms with Crippen molar-refractivity contribution in [3.8, 4) is 0 Å². The van der Waals surface area contributed by atoms with E-state index < -0.39 is 8.08 Å². The summed E-state index contributed by atoms with van der Waals surface area (Å²) < 4.78 is 0. The van der Waals surface area contributed by atoms with Crippen LogP contribution in [0, 0.1) is 0 Å². The van der Waals surface area contributed by atoms with Crippen LogP contribution in [0.15, 0.2) is 0 Å². The van der Waals surface area contributed by atoms with Crippen molar-refractivity contribution in [3.63, 3.8) is 0 Å². The molecule has 0 aromatic rings. The van der Waals surface area contributed by atoms with E-state index in [9.17, 15) is 0 Å². The standard InChI is InChI=1S/C6H21N3Si2/c1-4-7-11(10,8-5-2)9-6-3/h7-9H,4-6H2,1-3,10H3. The highest BCUT2D eigenvalue weighted by Gasteiger charge is 2.23. The molecule has 0 rings (SSSR count). The van der Waals surface area contributed by atoms with E-state index in [-0.39, 0.29) is 0 Å². The number of hydrogen-bond donors (Lipinski definition) is 3. The van der Waals surface area contributed by atoms with E-state index in [1.54, 1.807) is 0 Å². The molecule has 0 spiro atoms. The molecule has 0 amide bonds. The average Bonchev–Trinajstić information content (AvgIpc) is 1.88. The predicted octanol–water partition coefficient (Wildman–Crippen LogP) is -1.38. The van der Waals surface area contributed by atoms with Gasteiger partial charge in [0.1, 0.15) is 0 Å². The lowest BCUT2D eigenvalue weighted by Crippen LogP contribution is -2.73. The number of hydrogen-bond acceptors (Lipinski definition) is 3. The molecule has 3 nitrogen and oxygen atoms in total. The Hall–Kier alpha value is 0.314. The van der Waals surface area contributed by atoms with Gasteiger partial charge in [-0.2, -0.15) is 0 Å². The van der Waals surface area contributed by atoms with Crippen molar-refractivity contribution in [2.75, 3.05) is 19.6 Å². The van der Waals surface area contributed by atoms with E-state index in [1.807, 2.05) is 0 Å². The van der Waals surface area contributed by atoms with Crippen molar-refractivity contribution in [1.82, 2.24) is 14.9 Å². The maximum atomic E-state index is 3.54. The Morgan fingerprint density at radius 2 is 1.18 bits per heavy atom. The summed E-state index contributed by atoms with van der Waals surface area (Å²) in [5, 5.41) is 0. The van der Waals surface area contributed by atoms with Crippen LogP contribution in [0.2, 0.25) is 0 Å². The van der Waals surface area contributed by atoms with Gasteiger partial charge in [0.15, 0.2) is 0 Å². The van der Waals surface area contributed by atoms with Gasteiger partial charge in [-0.25, -0.2) is 0 Å². The molecule has 0 atom stereocenters. The van der Waals surface area contributed by atoms with Crippen LogP contribution in [0.25, 0.3) is 0 Å². The molecule has 0 saturated heterocycles. The number of nitrogens with one attached hydrogen (secondary N) is 3. The van der Waals surface area contributed by atoms with Gasteiger partial charge in [-0.3, -0.25) is 0 Å². The Bertz CT molecular complexity index is 82.8.